The van der Waals surface area contributed by atoms with Gasteiger partial charge in [0.1, 0.15) is 0 Å². The van der Waals surface area contributed by atoms with Crippen molar-refractivity contribution in [2.75, 3.05) is 20.2 Å². The molecule has 2 aliphatic rings. The van der Waals surface area contributed by atoms with Gasteiger partial charge in [0.05, 0.1) is 6.10 Å². The number of nitrogens with zero attached hydrogens (tertiary/aromatic N) is 2. The van der Waals surface area contributed by atoms with Crippen molar-refractivity contribution in [2.24, 2.45) is 11.8 Å². The number of amides is 1. The highest BCUT2D eigenvalue weighted by atomic mass is 16.5. The van der Waals surface area contributed by atoms with Crippen LogP contribution in [0.1, 0.15) is 35.3 Å². The van der Waals surface area contributed by atoms with E-state index in [2.05, 4.69) is 4.98 Å². The Bertz CT molecular complexity index is 770. The van der Waals surface area contributed by atoms with Crippen LogP contribution >= 0.6 is 0 Å². The van der Waals surface area contributed by atoms with Crippen LogP contribution in [0.25, 0.3) is 11.3 Å². The number of aromatic nitrogens is 1. The summed E-state index contributed by atoms with van der Waals surface area (Å²) in [6.07, 6.45) is 5.09. The van der Waals surface area contributed by atoms with E-state index >= 15 is 0 Å². The summed E-state index contributed by atoms with van der Waals surface area (Å²) in [6.45, 7) is 3.57. The van der Waals surface area contributed by atoms with E-state index in [0.29, 0.717) is 23.3 Å². The minimum Gasteiger partial charge on any atom is -0.443 e. The van der Waals surface area contributed by atoms with E-state index in [1.807, 2.05) is 36.1 Å². The fourth-order valence-corrected chi connectivity index (χ4v) is 4.42. The average Bonchev–Trinajstić information content (AvgIpc) is 3.27. The van der Waals surface area contributed by atoms with Crippen molar-refractivity contribution in [1.82, 2.24) is 9.88 Å². The molecule has 132 valence electrons. The topological polar surface area (TPSA) is 55.6 Å². The lowest BCUT2D eigenvalue weighted by atomic mass is 9.79. The Morgan fingerprint density at radius 3 is 3.00 bits per heavy atom. The van der Waals surface area contributed by atoms with Gasteiger partial charge in [-0.05, 0) is 31.7 Å². The molecule has 0 bridgehead atoms. The number of oxazole rings is 1. The summed E-state index contributed by atoms with van der Waals surface area (Å²) in [4.78, 5) is 19.3. The van der Waals surface area contributed by atoms with Gasteiger partial charge in [0.15, 0.2) is 17.8 Å². The van der Waals surface area contributed by atoms with Crippen molar-refractivity contribution in [3.63, 3.8) is 0 Å². The number of hydrogen-bond donors (Lipinski definition) is 0. The minimum absolute atomic E-state index is 0.0329. The second-order valence-electron chi connectivity index (χ2n) is 7.24. The zero-order valence-corrected chi connectivity index (χ0v) is 14.8. The number of carbonyl (C=O) groups excluding carboxylic acids is 1. The zero-order chi connectivity index (χ0) is 17.4. The van der Waals surface area contributed by atoms with Gasteiger partial charge in [-0.2, -0.15) is 0 Å². The number of methoxy groups -OCH3 is 1. The Labute approximate surface area is 148 Å². The monoisotopic (exact) mass is 340 g/mol. The molecular formula is C20H24N2O3. The molecule has 0 radical (unpaired) electrons. The molecule has 1 saturated heterocycles. The molecule has 0 spiro atoms. The van der Waals surface area contributed by atoms with Gasteiger partial charge in [-0.1, -0.05) is 30.2 Å². The summed E-state index contributed by atoms with van der Waals surface area (Å²) in [5, 5.41) is 0. The normalized spacial score (nSPS) is 25.8. The van der Waals surface area contributed by atoms with Crippen molar-refractivity contribution in [1.29, 1.82) is 0 Å². The second-order valence-corrected chi connectivity index (χ2v) is 7.24. The van der Waals surface area contributed by atoms with Crippen LogP contribution in [-0.2, 0) is 4.74 Å². The van der Waals surface area contributed by atoms with Gasteiger partial charge in [-0.25, -0.2) is 4.98 Å². The van der Waals surface area contributed by atoms with E-state index in [1.54, 1.807) is 7.11 Å². The molecule has 0 unspecified atom stereocenters. The van der Waals surface area contributed by atoms with Crippen LogP contribution in [0, 0.1) is 18.8 Å². The molecule has 1 amide bonds. The van der Waals surface area contributed by atoms with Crippen LogP contribution in [0.5, 0.6) is 0 Å². The third-order valence-electron chi connectivity index (χ3n) is 5.67. The maximum absolute atomic E-state index is 13.1. The van der Waals surface area contributed by atoms with Gasteiger partial charge in [0, 0.05) is 31.7 Å². The third-order valence-corrected chi connectivity index (χ3v) is 5.67. The molecule has 5 heteroatoms. The van der Waals surface area contributed by atoms with Crippen LogP contribution in [0.15, 0.2) is 35.1 Å². The van der Waals surface area contributed by atoms with Crippen LogP contribution in [-0.4, -0.2) is 42.1 Å². The largest absolute Gasteiger partial charge is 0.443 e. The van der Waals surface area contributed by atoms with Gasteiger partial charge < -0.3 is 14.1 Å². The second kappa shape index (κ2) is 6.64. The SMILES string of the molecule is CO[C@@H]1CCC[C@@H]2CN(C(=O)c3ncoc3-c3cccc(C)c3)C[C@@H]21. The molecule has 1 aromatic heterocycles. The fraction of sp³-hybridized carbons (Fsp3) is 0.500. The average molecular weight is 340 g/mol. The molecule has 1 saturated carbocycles. The minimum atomic E-state index is -0.0329. The van der Waals surface area contributed by atoms with E-state index in [4.69, 9.17) is 9.15 Å². The Hall–Kier alpha value is -2.14. The third kappa shape index (κ3) is 2.97. The van der Waals surface area contributed by atoms with Crippen molar-refractivity contribution in [2.45, 2.75) is 32.3 Å². The molecule has 2 aromatic rings. The van der Waals surface area contributed by atoms with Crippen molar-refractivity contribution in [3.8, 4) is 11.3 Å². The van der Waals surface area contributed by atoms with Crippen LogP contribution in [0.3, 0.4) is 0 Å². The molecule has 25 heavy (non-hydrogen) atoms. The van der Waals surface area contributed by atoms with Gasteiger partial charge in [0.25, 0.3) is 5.91 Å². The highest BCUT2D eigenvalue weighted by Gasteiger charge is 2.42. The van der Waals surface area contributed by atoms with Gasteiger partial charge in [0.2, 0.25) is 0 Å². The lowest BCUT2D eigenvalue weighted by molar-refractivity contribution is 0.0126. The first-order chi connectivity index (χ1) is 12.2. The summed E-state index contributed by atoms with van der Waals surface area (Å²) in [6, 6.07) is 7.96. The number of aryl methyl sites for hydroxylation is 1. The highest BCUT2D eigenvalue weighted by molar-refractivity contribution is 5.97. The Balaban J connectivity index is 1.58. The molecule has 2 heterocycles. The van der Waals surface area contributed by atoms with Gasteiger partial charge in [-0.3, -0.25) is 4.79 Å². The molecular weight excluding hydrogens is 316 g/mol. The van der Waals surface area contributed by atoms with Crippen molar-refractivity contribution < 1.29 is 13.9 Å². The Morgan fingerprint density at radius 2 is 2.20 bits per heavy atom. The lowest BCUT2D eigenvalue weighted by Crippen LogP contribution is -2.33. The molecule has 1 aliphatic heterocycles. The van der Waals surface area contributed by atoms with Crippen LogP contribution < -0.4 is 0 Å². The summed E-state index contributed by atoms with van der Waals surface area (Å²) in [5.74, 6) is 1.51. The number of hydrogen-bond acceptors (Lipinski definition) is 4. The van der Waals surface area contributed by atoms with Gasteiger partial charge in [-0.15, -0.1) is 0 Å². The maximum Gasteiger partial charge on any atom is 0.276 e. The number of carbonyl (C=O) groups is 1. The molecule has 3 atom stereocenters. The quantitative estimate of drug-likeness (QED) is 0.857. The number of rotatable bonds is 3. The Kier molecular flexibility index (Phi) is 4.34. The molecule has 1 aromatic carbocycles. The first-order valence-electron chi connectivity index (χ1n) is 9.00. The zero-order valence-electron chi connectivity index (χ0n) is 14.8. The predicted molar refractivity (Wildman–Crippen MR) is 94.2 cm³/mol. The summed E-state index contributed by atoms with van der Waals surface area (Å²) in [7, 11) is 1.78. The highest BCUT2D eigenvalue weighted by Crippen LogP contribution is 2.38. The number of likely N-dealkylation sites (tertiary alicyclic amines) is 1. The lowest BCUT2D eigenvalue weighted by Gasteiger charge is -2.31. The fourth-order valence-electron chi connectivity index (χ4n) is 4.42. The standard InChI is InChI=1S/C20H24N2O3/c1-13-5-3-6-14(9-13)19-18(21-12-25-19)20(23)22-10-15-7-4-8-17(24-2)16(15)11-22/h3,5-6,9,12,15-17H,4,7-8,10-11H2,1-2H3/t15-,16+,17-/m1/s1. The number of benzene rings is 1. The van der Waals surface area contributed by atoms with E-state index < -0.39 is 0 Å². The smallest absolute Gasteiger partial charge is 0.276 e. The molecule has 4 rings (SSSR count). The van der Waals surface area contributed by atoms with E-state index in [9.17, 15) is 4.79 Å². The molecule has 1 aliphatic carbocycles. The number of ether oxygens (including phenoxy) is 1. The van der Waals surface area contributed by atoms with Crippen LogP contribution in [0.4, 0.5) is 0 Å². The van der Waals surface area contributed by atoms with E-state index in [0.717, 1.165) is 30.6 Å². The molecule has 0 N–H and O–H groups in total. The summed E-state index contributed by atoms with van der Waals surface area (Å²) >= 11 is 0. The van der Waals surface area contributed by atoms with Crippen molar-refractivity contribution in [3.05, 3.63) is 41.9 Å². The van der Waals surface area contributed by atoms with Crippen LogP contribution in [0.2, 0.25) is 0 Å². The number of fused-ring (bicyclic) bond motifs is 1. The van der Waals surface area contributed by atoms with Crippen molar-refractivity contribution >= 4 is 5.91 Å². The summed E-state index contributed by atoms with van der Waals surface area (Å²) in [5.41, 5.74) is 2.44. The molecule has 2 fully saturated rings. The predicted octanol–water partition coefficient (Wildman–Crippen LogP) is 3.54. The Morgan fingerprint density at radius 1 is 1.32 bits per heavy atom. The first-order valence-corrected chi connectivity index (χ1v) is 9.00. The van der Waals surface area contributed by atoms with Gasteiger partial charge >= 0.3 is 0 Å². The summed E-state index contributed by atoms with van der Waals surface area (Å²) < 4.78 is 11.2. The molecule has 5 nitrogen and oxygen atoms in total. The maximum atomic E-state index is 13.1. The van der Waals surface area contributed by atoms with E-state index in [-0.39, 0.29) is 12.0 Å². The first kappa shape index (κ1) is 16.3. The van der Waals surface area contributed by atoms with E-state index in [1.165, 1.54) is 19.2 Å².